The number of nitrogens with zero attached hydrogens (tertiary/aromatic N) is 4. The van der Waals surface area contributed by atoms with Crippen LogP contribution >= 0.6 is 0 Å². The van der Waals surface area contributed by atoms with Gasteiger partial charge in [-0.3, -0.25) is 9.69 Å². The molecule has 35 heavy (non-hydrogen) atoms. The fraction of sp³-hybridized carbons (Fsp3) is 0.517. The van der Waals surface area contributed by atoms with Crippen molar-refractivity contribution in [2.24, 2.45) is 0 Å². The van der Waals surface area contributed by atoms with Gasteiger partial charge in [-0.25, -0.2) is 4.98 Å². The Hall–Kier alpha value is -2.70. The van der Waals surface area contributed by atoms with Gasteiger partial charge in [0, 0.05) is 37.9 Å². The van der Waals surface area contributed by atoms with Crippen molar-refractivity contribution in [3.63, 3.8) is 0 Å². The minimum atomic E-state index is -0.0837. The molecule has 1 aromatic carbocycles. The maximum atomic E-state index is 12.8. The molecule has 1 saturated carbocycles. The largest absolute Gasteiger partial charge is 0.320 e. The standard InChI is InChI=1S/C29H39N5O/c1-32(23-12-3-2-4-13-23)22-24-14-7-8-19-33(24)20-9-10-21-34-27-17-6-5-15-25(27)29(35)31-26-16-11-18-30-28(26)34/h5-6,9-11,15-18,23-24H,2-4,7-8,12-14,19-22H2,1H3,(H,31,35)/b10-9+. The molecule has 0 radical (unpaired) electrons. The van der Waals surface area contributed by atoms with E-state index >= 15 is 0 Å². The van der Waals surface area contributed by atoms with Gasteiger partial charge in [0.1, 0.15) is 0 Å². The van der Waals surface area contributed by atoms with Gasteiger partial charge in [0.2, 0.25) is 0 Å². The maximum Gasteiger partial charge on any atom is 0.257 e. The van der Waals surface area contributed by atoms with Gasteiger partial charge in [-0.2, -0.15) is 0 Å². The Morgan fingerprint density at radius 2 is 1.80 bits per heavy atom. The summed E-state index contributed by atoms with van der Waals surface area (Å²) in [6, 6.07) is 13.0. The number of aromatic nitrogens is 1. The molecule has 1 atom stereocenters. The summed E-state index contributed by atoms with van der Waals surface area (Å²) in [6.45, 7) is 4.02. The third kappa shape index (κ3) is 5.60. The molecule has 2 aromatic rings. The SMILES string of the molecule is CN(CC1CCCCN1C/C=C/CN1c2ccccc2C(=O)Nc2cccnc21)C1CCCCC1. The number of amides is 1. The van der Waals surface area contributed by atoms with Gasteiger partial charge >= 0.3 is 0 Å². The summed E-state index contributed by atoms with van der Waals surface area (Å²) >= 11 is 0. The van der Waals surface area contributed by atoms with E-state index in [1.165, 1.54) is 64.5 Å². The zero-order chi connectivity index (χ0) is 24.0. The van der Waals surface area contributed by atoms with Crippen molar-refractivity contribution < 1.29 is 4.79 Å². The summed E-state index contributed by atoms with van der Waals surface area (Å²) in [5, 5.41) is 3.02. The van der Waals surface area contributed by atoms with Crippen molar-refractivity contribution in [2.75, 3.05) is 43.4 Å². The average molecular weight is 474 g/mol. The van der Waals surface area contributed by atoms with E-state index in [0.29, 0.717) is 18.2 Å². The molecular formula is C29H39N5O. The molecule has 5 rings (SSSR count). The van der Waals surface area contributed by atoms with Gasteiger partial charge < -0.3 is 15.1 Å². The van der Waals surface area contributed by atoms with Crippen LogP contribution < -0.4 is 10.2 Å². The normalized spacial score (nSPS) is 21.6. The highest BCUT2D eigenvalue weighted by Gasteiger charge is 2.27. The van der Waals surface area contributed by atoms with Gasteiger partial charge in [-0.15, -0.1) is 0 Å². The molecule has 0 spiro atoms. The van der Waals surface area contributed by atoms with Gasteiger partial charge in [0.15, 0.2) is 5.82 Å². The number of likely N-dealkylation sites (tertiary alicyclic amines) is 1. The highest BCUT2D eigenvalue weighted by atomic mass is 16.1. The van der Waals surface area contributed by atoms with Crippen LogP contribution in [0, 0.1) is 0 Å². The second-order valence-corrected chi connectivity index (χ2v) is 10.3. The van der Waals surface area contributed by atoms with Crippen LogP contribution in [-0.4, -0.2) is 66.0 Å². The Morgan fingerprint density at radius 3 is 2.69 bits per heavy atom. The number of carbonyl (C=O) groups excluding carboxylic acids is 1. The number of pyridine rings is 1. The summed E-state index contributed by atoms with van der Waals surface area (Å²) in [4.78, 5) is 24.9. The topological polar surface area (TPSA) is 51.7 Å². The molecule has 186 valence electrons. The first-order valence-corrected chi connectivity index (χ1v) is 13.4. The minimum absolute atomic E-state index is 0.0837. The number of para-hydroxylation sites is 1. The predicted octanol–water partition coefficient (Wildman–Crippen LogP) is 5.46. The number of anilines is 3. The fourth-order valence-corrected chi connectivity index (χ4v) is 6.00. The van der Waals surface area contributed by atoms with E-state index in [1.807, 2.05) is 36.4 Å². The number of likely N-dealkylation sites (N-methyl/N-ethyl adjacent to an activating group) is 1. The summed E-state index contributed by atoms with van der Waals surface area (Å²) in [6.07, 6.45) is 17.2. The third-order valence-corrected chi connectivity index (χ3v) is 7.97. The lowest BCUT2D eigenvalue weighted by Gasteiger charge is -2.40. The lowest BCUT2D eigenvalue weighted by atomic mass is 9.93. The van der Waals surface area contributed by atoms with E-state index in [4.69, 9.17) is 0 Å². The molecule has 3 aliphatic rings. The van der Waals surface area contributed by atoms with Gasteiger partial charge in [-0.05, 0) is 63.5 Å². The van der Waals surface area contributed by atoms with Crippen LogP contribution in [0.15, 0.2) is 54.7 Å². The second-order valence-electron chi connectivity index (χ2n) is 10.3. The van der Waals surface area contributed by atoms with E-state index < -0.39 is 0 Å². The molecule has 6 nitrogen and oxygen atoms in total. The number of carbonyl (C=O) groups is 1. The molecule has 1 amide bonds. The molecule has 0 bridgehead atoms. The molecule has 3 heterocycles. The van der Waals surface area contributed by atoms with Gasteiger partial charge in [-0.1, -0.05) is 50.0 Å². The number of hydrogen-bond acceptors (Lipinski definition) is 5. The van der Waals surface area contributed by atoms with Crippen molar-refractivity contribution in [1.82, 2.24) is 14.8 Å². The van der Waals surface area contributed by atoms with Crippen LogP contribution in [0.25, 0.3) is 0 Å². The maximum absolute atomic E-state index is 12.8. The number of fused-ring (bicyclic) bond motifs is 2. The first kappa shape index (κ1) is 24.0. The molecule has 1 N–H and O–H groups in total. The summed E-state index contributed by atoms with van der Waals surface area (Å²) in [5.74, 6) is 0.708. The monoisotopic (exact) mass is 473 g/mol. The van der Waals surface area contributed by atoms with Crippen molar-refractivity contribution in [2.45, 2.75) is 63.5 Å². The third-order valence-electron chi connectivity index (χ3n) is 7.97. The van der Waals surface area contributed by atoms with E-state index in [1.54, 1.807) is 6.20 Å². The van der Waals surface area contributed by atoms with E-state index in [2.05, 4.69) is 44.2 Å². The number of rotatable bonds is 7. The Morgan fingerprint density at radius 1 is 1.00 bits per heavy atom. The van der Waals surface area contributed by atoms with E-state index in [0.717, 1.165) is 29.8 Å². The zero-order valence-corrected chi connectivity index (χ0v) is 21.0. The lowest BCUT2D eigenvalue weighted by molar-refractivity contribution is 0.0960. The highest BCUT2D eigenvalue weighted by molar-refractivity contribution is 6.12. The average Bonchev–Trinajstić information content (AvgIpc) is 3.02. The van der Waals surface area contributed by atoms with Crippen LogP contribution in [0.5, 0.6) is 0 Å². The van der Waals surface area contributed by atoms with Crippen LogP contribution in [0.2, 0.25) is 0 Å². The predicted molar refractivity (Wildman–Crippen MR) is 143 cm³/mol. The summed E-state index contributed by atoms with van der Waals surface area (Å²) < 4.78 is 0. The van der Waals surface area contributed by atoms with Crippen LogP contribution in [0.3, 0.4) is 0 Å². The molecule has 1 unspecified atom stereocenters. The summed E-state index contributed by atoms with van der Waals surface area (Å²) in [5.41, 5.74) is 2.33. The molecule has 1 saturated heterocycles. The van der Waals surface area contributed by atoms with Crippen LogP contribution in [-0.2, 0) is 0 Å². The van der Waals surface area contributed by atoms with Crippen molar-refractivity contribution in [3.05, 3.63) is 60.3 Å². The van der Waals surface area contributed by atoms with Gasteiger partial charge in [0.05, 0.1) is 16.9 Å². The smallest absolute Gasteiger partial charge is 0.257 e. The molecule has 2 fully saturated rings. The Kier molecular flexibility index (Phi) is 7.79. The lowest BCUT2D eigenvalue weighted by Crippen LogP contribution is -2.48. The first-order valence-electron chi connectivity index (χ1n) is 13.4. The van der Waals surface area contributed by atoms with Crippen LogP contribution in [0.1, 0.15) is 61.7 Å². The highest BCUT2D eigenvalue weighted by Crippen LogP contribution is 2.35. The molecular weight excluding hydrogens is 434 g/mol. The zero-order valence-electron chi connectivity index (χ0n) is 21.0. The van der Waals surface area contributed by atoms with Crippen molar-refractivity contribution in [1.29, 1.82) is 0 Å². The quantitative estimate of drug-likeness (QED) is 0.541. The second kappa shape index (κ2) is 11.4. The van der Waals surface area contributed by atoms with Crippen molar-refractivity contribution >= 4 is 23.1 Å². The number of piperidine rings is 1. The molecule has 1 aromatic heterocycles. The number of hydrogen-bond donors (Lipinski definition) is 1. The van der Waals surface area contributed by atoms with Gasteiger partial charge in [0.25, 0.3) is 5.91 Å². The number of nitrogens with one attached hydrogen (secondary N) is 1. The minimum Gasteiger partial charge on any atom is -0.320 e. The van der Waals surface area contributed by atoms with Crippen molar-refractivity contribution in [3.8, 4) is 0 Å². The Bertz CT molecular complexity index is 1030. The first-order chi connectivity index (χ1) is 17.2. The number of benzene rings is 1. The van der Waals surface area contributed by atoms with Crippen LogP contribution in [0.4, 0.5) is 17.2 Å². The Balaban J connectivity index is 1.25. The van der Waals surface area contributed by atoms with E-state index in [9.17, 15) is 4.79 Å². The van der Waals surface area contributed by atoms with E-state index in [-0.39, 0.29) is 5.91 Å². The Labute approximate surface area is 210 Å². The summed E-state index contributed by atoms with van der Waals surface area (Å²) in [7, 11) is 2.34. The fourth-order valence-electron chi connectivity index (χ4n) is 6.00. The molecule has 2 aliphatic heterocycles. The molecule has 1 aliphatic carbocycles. The molecule has 6 heteroatoms.